The van der Waals surface area contributed by atoms with E-state index < -0.39 is 0 Å². The van der Waals surface area contributed by atoms with Crippen LogP contribution in [0.5, 0.6) is 0 Å². The molecule has 18 heavy (non-hydrogen) atoms. The van der Waals surface area contributed by atoms with Crippen LogP contribution in [0.25, 0.3) is 0 Å². The number of hydrogen-bond acceptors (Lipinski definition) is 4. The van der Waals surface area contributed by atoms with E-state index >= 15 is 0 Å². The number of aliphatic hydroxyl groups is 1. The lowest BCUT2D eigenvalue weighted by molar-refractivity contribution is 0.0328. The first-order valence-corrected chi connectivity index (χ1v) is 7.47. The molecule has 2 saturated carbocycles. The molecule has 0 aromatic carbocycles. The molecule has 0 bridgehead atoms. The van der Waals surface area contributed by atoms with Crippen molar-refractivity contribution < 1.29 is 9.84 Å². The first-order valence-electron chi connectivity index (χ1n) is 7.47. The van der Waals surface area contributed by atoms with Crippen LogP contribution in [-0.2, 0) is 4.74 Å². The summed E-state index contributed by atoms with van der Waals surface area (Å²) in [5.41, 5.74) is 0. The summed E-state index contributed by atoms with van der Waals surface area (Å²) in [6.07, 6.45) is 8.61. The van der Waals surface area contributed by atoms with Crippen LogP contribution in [0, 0.1) is 0 Å². The highest BCUT2D eigenvalue weighted by atomic mass is 16.5. The van der Waals surface area contributed by atoms with Gasteiger partial charge in [-0.3, -0.25) is 0 Å². The van der Waals surface area contributed by atoms with E-state index in [1.807, 2.05) is 0 Å². The maximum absolute atomic E-state index is 9.44. The summed E-state index contributed by atoms with van der Waals surface area (Å²) in [4.78, 5) is 0. The van der Waals surface area contributed by atoms with E-state index in [9.17, 15) is 5.11 Å². The van der Waals surface area contributed by atoms with Crippen molar-refractivity contribution in [1.82, 2.24) is 0 Å². The van der Waals surface area contributed by atoms with Crippen LogP contribution in [0.3, 0.4) is 0 Å². The van der Waals surface area contributed by atoms with Gasteiger partial charge in [0.15, 0.2) is 0 Å². The van der Waals surface area contributed by atoms with Crippen molar-refractivity contribution >= 4 is 0 Å². The van der Waals surface area contributed by atoms with Crippen molar-refractivity contribution in [3.8, 4) is 0 Å². The molecule has 0 radical (unpaired) electrons. The van der Waals surface area contributed by atoms with E-state index in [4.69, 9.17) is 4.74 Å². The van der Waals surface area contributed by atoms with E-state index in [0.717, 1.165) is 58.0 Å². The Bertz CT molecular complexity index is 255. The zero-order chi connectivity index (χ0) is 12.8. The van der Waals surface area contributed by atoms with Gasteiger partial charge in [-0.05, 0) is 58.3 Å². The van der Waals surface area contributed by atoms with Crippen LogP contribution in [0.4, 0.5) is 0 Å². The van der Waals surface area contributed by atoms with Crippen LogP contribution in [0.15, 0.2) is 10.2 Å². The van der Waals surface area contributed by atoms with Gasteiger partial charge in [-0.2, -0.15) is 10.2 Å². The second-order valence-electron chi connectivity index (χ2n) is 5.58. The molecule has 0 saturated heterocycles. The normalized spacial score (nSPS) is 38.1. The predicted molar refractivity (Wildman–Crippen MR) is 70.8 cm³/mol. The maximum Gasteiger partial charge on any atom is 0.0710 e. The van der Waals surface area contributed by atoms with Crippen molar-refractivity contribution in [1.29, 1.82) is 0 Å². The minimum absolute atomic E-state index is 0.0990. The maximum atomic E-state index is 9.44. The fraction of sp³-hybridized carbons (Fsp3) is 1.00. The lowest BCUT2D eigenvalue weighted by Gasteiger charge is -2.26. The lowest BCUT2D eigenvalue weighted by Crippen LogP contribution is -2.24. The van der Waals surface area contributed by atoms with Gasteiger partial charge in [-0.15, -0.1) is 0 Å². The quantitative estimate of drug-likeness (QED) is 0.784. The number of nitrogens with zero attached hydrogens (tertiary/aromatic N) is 2. The fourth-order valence-corrected chi connectivity index (χ4v) is 2.93. The molecule has 0 aromatic rings. The zero-order valence-corrected chi connectivity index (χ0v) is 11.4. The molecule has 0 unspecified atom stereocenters. The fourth-order valence-electron chi connectivity index (χ4n) is 2.93. The third-order valence-corrected chi connectivity index (χ3v) is 4.11. The molecule has 104 valence electrons. The smallest absolute Gasteiger partial charge is 0.0710 e. The van der Waals surface area contributed by atoms with E-state index in [-0.39, 0.29) is 6.10 Å². The third kappa shape index (κ3) is 4.32. The van der Waals surface area contributed by atoms with Crippen LogP contribution < -0.4 is 0 Å². The number of hydrogen-bond donors (Lipinski definition) is 1. The average Bonchev–Trinajstić information content (AvgIpc) is 2.40. The molecule has 0 aliphatic heterocycles. The van der Waals surface area contributed by atoms with Crippen LogP contribution >= 0.6 is 0 Å². The summed E-state index contributed by atoms with van der Waals surface area (Å²) in [5, 5.41) is 18.4. The second-order valence-corrected chi connectivity index (χ2v) is 5.58. The Labute approximate surface area is 110 Å². The Kier molecular flexibility index (Phi) is 5.57. The first-order chi connectivity index (χ1) is 8.78. The Hall–Kier alpha value is -0.480. The van der Waals surface area contributed by atoms with Crippen LogP contribution in [-0.4, -0.2) is 36.0 Å². The molecule has 2 rings (SSSR count). The van der Waals surface area contributed by atoms with E-state index in [1.165, 1.54) is 0 Å². The van der Waals surface area contributed by atoms with E-state index in [0.29, 0.717) is 18.2 Å². The molecule has 0 atom stereocenters. The highest BCUT2D eigenvalue weighted by Gasteiger charge is 2.22. The van der Waals surface area contributed by atoms with Gasteiger partial charge >= 0.3 is 0 Å². The Morgan fingerprint density at radius 2 is 1.39 bits per heavy atom. The molecule has 4 heteroatoms. The van der Waals surface area contributed by atoms with Crippen LogP contribution in [0.1, 0.15) is 58.3 Å². The molecule has 0 amide bonds. The molecule has 2 aliphatic rings. The van der Waals surface area contributed by atoms with Crippen molar-refractivity contribution in [2.75, 3.05) is 6.61 Å². The van der Waals surface area contributed by atoms with Crippen LogP contribution in [0.2, 0.25) is 0 Å². The highest BCUT2D eigenvalue weighted by Crippen LogP contribution is 2.26. The SMILES string of the molecule is CCOC1CCC(N=NC2CCC(O)CC2)CC1. The summed E-state index contributed by atoms with van der Waals surface area (Å²) in [7, 11) is 0. The summed E-state index contributed by atoms with van der Waals surface area (Å²) in [6, 6.07) is 0.770. The molecule has 0 aromatic heterocycles. The minimum Gasteiger partial charge on any atom is -0.393 e. The Morgan fingerprint density at radius 1 is 0.889 bits per heavy atom. The molecule has 4 nitrogen and oxygen atoms in total. The van der Waals surface area contributed by atoms with Crippen molar-refractivity contribution in [3.05, 3.63) is 0 Å². The van der Waals surface area contributed by atoms with Gasteiger partial charge in [0.05, 0.1) is 24.3 Å². The summed E-state index contributed by atoms with van der Waals surface area (Å²) < 4.78 is 5.64. The van der Waals surface area contributed by atoms with Gasteiger partial charge in [-0.1, -0.05) is 0 Å². The molecular weight excluding hydrogens is 228 g/mol. The van der Waals surface area contributed by atoms with Crippen molar-refractivity contribution in [2.45, 2.75) is 82.6 Å². The average molecular weight is 254 g/mol. The molecular formula is C14H26N2O2. The third-order valence-electron chi connectivity index (χ3n) is 4.11. The largest absolute Gasteiger partial charge is 0.393 e. The molecule has 2 fully saturated rings. The van der Waals surface area contributed by atoms with Gasteiger partial charge in [0.2, 0.25) is 0 Å². The van der Waals surface area contributed by atoms with Crippen molar-refractivity contribution in [2.24, 2.45) is 10.2 Å². The predicted octanol–water partition coefficient (Wildman–Crippen LogP) is 3.09. The van der Waals surface area contributed by atoms with Crippen molar-refractivity contribution in [3.63, 3.8) is 0 Å². The molecule has 2 aliphatic carbocycles. The monoisotopic (exact) mass is 254 g/mol. The number of rotatable bonds is 4. The second kappa shape index (κ2) is 7.19. The number of aliphatic hydroxyl groups excluding tert-OH is 1. The van der Waals surface area contributed by atoms with E-state index in [1.54, 1.807) is 0 Å². The first kappa shape index (κ1) is 13.9. The lowest BCUT2D eigenvalue weighted by atomic mass is 9.93. The zero-order valence-electron chi connectivity index (χ0n) is 11.4. The molecule has 0 heterocycles. The minimum atomic E-state index is -0.0990. The van der Waals surface area contributed by atoms with Gasteiger partial charge < -0.3 is 9.84 Å². The van der Waals surface area contributed by atoms with Gasteiger partial charge in [0.1, 0.15) is 0 Å². The summed E-state index contributed by atoms with van der Waals surface area (Å²) in [5.74, 6) is 0. The Morgan fingerprint density at radius 3 is 1.89 bits per heavy atom. The van der Waals surface area contributed by atoms with Gasteiger partial charge in [-0.25, -0.2) is 0 Å². The topological polar surface area (TPSA) is 54.2 Å². The van der Waals surface area contributed by atoms with Gasteiger partial charge in [0.25, 0.3) is 0 Å². The summed E-state index contributed by atoms with van der Waals surface area (Å²) >= 11 is 0. The molecule has 0 spiro atoms. The van der Waals surface area contributed by atoms with E-state index in [2.05, 4.69) is 17.2 Å². The number of ether oxygens (including phenoxy) is 1. The Balaban J connectivity index is 1.67. The standard InChI is InChI=1S/C14H26N2O2/c1-2-18-14-9-5-12(6-10-14)16-15-11-3-7-13(17)8-4-11/h11-14,17H,2-10H2,1H3. The number of azo groups is 1. The van der Waals surface area contributed by atoms with Gasteiger partial charge in [0, 0.05) is 6.61 Å². The molecule has 1 N–H and O–H groups in total. The summed E-state index contributed by atoms with van der Waals surface area (Å²) in [6.45, 7) is 2.88. The highest BCUT2D eigenvalue weighted by molar-refractivity contribution is 4.79.